The molecule has 0 aliphatic carbocycles. The predicted molar refractivity (Wildman–Crippen MR) is 83.7 cm³/mol. The van der Waals surface area contributed by atoms with Crippen LogP contribution in [0, 0.1) is 0 Å². The SMILES string of the molecule is NC(=O)c1cccc2nc(C3CCCN4CCCCC34)oc12. The van der Waals surface area contributed by atoms with Gasteiger partial charge in [0.2, 0.25) is 0 Å². The van der Waals surface area contributed by atoms with Crippen LogP contribution < -0.4 is 5.73 Å². The van der Waals surface area contributed by atoms with E-state index in [9.17, 15) is 4.79 Å². The summed E-state index contributed by atoms with van der Waals surface area (Å²) in [4.78, 5) is 18.8. The fourth-order valence-electron chi connectivity index (χ4n) is 4.06. The number of oxazole rings is 1. The summed E-state index contributed by atoms with van der Waals surface area (Å²) in [5, 5.41) is 0. The van der Waals surface area contributed by atoms with Crippen molar-refractivity contribution in [1.29, 1.82) is 0 Å². The van der Waals surface area contributed by atoms with Crippen LogP contribution in [-0.4, -0.2) is 34.9 Å². The number of aromatic nitrogens is 1. The molecule has 2 aliphatic rings. The summed E-state index contributed by atoms with van der Waals surface area (Å²) in [5.74, 6) is 0.652. The predicted octanol–water partition coefficient (Wildman–Crippen LogP) is 2.66. The highest BCUT2D eigenvalue weighted by Gasteiger charge is 2.36. The Balaban J connectivity index is 1.74. The fourth-order valence-corrected chi connectivity index (χ4v) is 4.06. The molecule has 2 aromatic rings. The van der Waals surface area contributed by atoms with Gasteiger partial charge in [0.1, 0.15) is 5.52 Å². The van der Waals surface area contributed by atoms with E-state index in [2.05, 4.69) is 9.88 Å². The van der Waals surface area contributed by atoms with Gasteiger partial charge in [-0.3, -0.25) is 9.69 Å². The average Bonchev–Trinajstić information content (AvgIpc) is 2.97. The Morgan fingerprint density at radius 2 is 2.09 bits per heavy atom. The number of piperidine rings is 2. The number of amides is 1. The maximum absolute atomic E-state index is 11.6. The molecule has 1 aromatic heterocycles. The van der Waals surface area contributed by atoms with Gasteiger partial charge in [-0.05, 0) is 50.9 Å². The molecule has 22 heavy (non-hydrogen) atoms. The maximum atomic E-state index is 11.6. The van der Waals surface area contributed by atoms with E-state index in [0.717, 1.165) is 17.8 Å². The zero-order chi connectivity index (χ0) is 15.1. The van der Waals surface area contributed by atoms with E-state index in [1.54, 1.807) is 6.07 Å². The Morgan fingerprint density at radius 1 is 1.23 bits per heavy atom. The van der Waals surface area contributed by atoms with Crippen molar-refractivity contribution in [3.63, 3.8) is 0 Å². The third kappa shape index (κ3) is 2.20. The van der Waals surface area contributed by atoms with Crippen LogP contribution in [-0.2, 0) is 0 Å². The number of fused-ring (bicyclic) bond motifs is 2. The summed E-state index contributed by atoms with van der Waals surface area (Å²) >= 11 is 0. The van der Waals surface area contributed by atoms with Crippen molar-refractivity contribution in [2.75, 3.05) is 13.1 Å². The van der Waals surface area contributed by atoms with E-state index in [1.165, 1.54) is 38.8 Å². The lowest BCUT2D eigenvalue weighted by Gasteiger charge is -2.43. The lowest BCUT2D eigenvalue weighted by Crippen LogP contribution is -2.46. The number of nitrogens with zero attached hydrogens (tertiary/aromatic N) is 2. The van der Waals surface area contributed by atoms with E-state index in [4.69, 9.17) is 10.2 Å². The van der Waals surface area contributed by atoms with Gasteiger partial charge in [-0.1, -0.05) is 12.5 Å². The standard InChI is InChI=1S/C17H21N3O2/c18-16(21)12-5-3-7-13-15(12)22-17(19-13)11-6-4-10-20-9-2-1-8-14(11)20/h3,5,7,11,14H,1-2,4,6,8-10H2,(H2,18,21). The molecule has 1 aromatic carbocycles. The number of hydrogen-bond donors (Lipinski definition) is 1. The summed E-state index contributed by atoms with van der Waals surface area (Å²) in [5.41, 5.74) is 7.14. The molecule has 116 valence electrons. The van der Waals surface area contributed by atoms with Crippen molar-refractivity contribution < 1.29 is 9.21 Å². The Morgan fingerprint density at radius 3 is 2.95 bits per heavy atom. The summed E-state index contributed by atoms with van der Waals surface area (Å²) in [6.45, 7) is 2.38. The number of benzene rings is 1. The molecule has 0 saturated carbocycles. The Hall–Kier alpha value is -1.88. The molecular weight excluding hydrogens is 278 g/mol. The zero-order valence-electron chi connectivity index (χ0n) is 12.6. The van der Waals surface area contributed by atoms with E-state index in [-0.39, 0.29) is 0 Å². The molecule has 4 rings (SSSR count). The molecule has 0 spiro atoms. The first-order valence-corrected chi connectivity index (χ1v) is 8.17. The Kier molecular flexibility index (Phi) is 3.37. The Labute approximate surface area is 129 Å². The average molecular weight is 299 g/mol. The maximum Gasteiger partial charge on any atom is 0.252 e. The van der Waals surface area contributed by atoms with Crippen LogP contribution in [0.1, 0.15) is 54.3 Å². The third-order valence-corrected chi connectivity index (χ3v) is 5.10. The van der Waals surface area contributed by atoms with Gasteiger partial charge >= 0.3 is 0 Å². The highest BCUT2D eigenvalue weighted by atomic mass is 16.3. The molecule has 2 fully saturated rings. The lowest BCUT2D eigenvalue weighted by atomic mass is 9.83. The zero-order valence-corrected chi connectivity index (χ0v) is 12.6. The number of hydrogen-bond acceptors (Lipinski definition) is 4. The van der Waals surface area contributed by atoms with Crippen molar-refractivity contribution in [2.45, 2.75) is 44.1 Å². The topological polar surface area (TPSA) is 72.4 Å². The fraction of sp³-hybridized carbons (Fsp3) is 0.529. The number of primary amides is 1. The normalized spacial score (nSPS) is 26.0. The monoisotopic (exact) mass is 299 g/mol. The molecule has 2 aliphatic heterocycles. The number of carbonyl (C=O) groups is 1. The molecule has 2 saturated heterocycles. The largest absolute Gasteiger partial charge is 0.439 e. The highest BCUT2D eigenvalue weighted by molar-refractivity contribution is 6.03. The van der Waals surface area contributed by atoms with Gasteiger partial charge in [-0.2, -0.15) is 0 Å². The summed E-state index contributed by atoms with van der Waals surface area (Å²) in [6.07, 6.45) is 6.08. The second-order valence-corrected chi connectivity index (χ2v) is 6.42. The van der Waals surface area contributed by atoms with Gasteiger partial charge in [0.15, 0.2) is 11.5 Å². The molecule has 1 amide bonds. The van der Waals surface area contributed by atoms with E-state index in [0.29, 0.717) is 23.1 Å². The molecule has 2 unspecified atom stereocenters. The van der Waals surface area contributed by atoms with Crippen LogP contribution in [0.2, 0.25) is 0 Å². The molecular formula is C17H21N3O2. The summed E-state index contributed by atoms with van der Waals surface area (Å²) in [7, 11) is 0. The van der Waals surface area contributed by atoms with Crippen molar-refractivity contribution in [1.82, 2.24) is 9.88 Å². The summed E-state index contributed by atoms with van der Waals surface area (Å²) in [6, 6.07) is 5.93. The molecule has 0 bridgehead atoms. The second-order valence-electron chi connectivity index (χ2n) is 6.42. The van der Waals surface area contributed by atoms with Gasteiger partial charge in [0.05, 0.1) is 11.5 Å². The minimum atomic E-state index is -0.462. The Bertz CT molecular complexity index is 707. The minimum absolute atomic E-state index is 0.335. The first-order chi connectivity index (χ1) is 10.7. The van der Waals surface area contributed by atoms with E-state index in [1.807, 2.05) is 12.1 Å². The first kappa shape index (κ1) is 13.8. The second kappa shape index (κ2) is 5.39. The van der Waals surface area contributed by atoms with Crippen molar-refractivity contribution in [3.05, 3.63) is 29.7 Å². The van der Waals surface area contributed by atoms with E-state index >= 15 is 0 Å². The van der Waals surface area contributed by atoms with Crippen LogP contribution >= 0.6 is 0 Å². The van der Waals surface area contributed by atoms with E-state index < -0.39 is 5.91 Å². The molecule has 0 radical (unpaired) electrons. The molecule has 2 atom stereocenters. The van der Waals surface area contributed by atoms with Gasteiger partial charge in [-0.25, -0.2) is 4.98 Å². The van der Waals surface area contributed by atoms with Crippen LogP contribution in [0.4, 0.5) is 0 Å². The van der Waals surface area contributed by atoms with Gasteiger partial charge in [0, 0.05) is 6.04 Å². The number of carbonyl (C=O) groups excluding carboxylic acids is 1. The third-order valence-electron chi connectivity index (χ3n) is 5.10. The van der Waals surface area contributed by atoms with Crippen molar-refractivity contribution >= 4 is 17.0 Å². The number of para-hydroxylation sites is 1. The van der Waals surface area contributed by atoms with Crippen molar-refractivity contribution in [3.8, 4) is 0 Å². The molecule has 2 N–H and O–H groups in total. The summed E-state index contributed by atoms with van der Waals surface area (Å²) < 4.78 is 6.01. The van der Waals surface area contributed by atoms with Crippen LogP contribution in [0.25, 0.3) is 11.1 Å². The minimum Gasteiger partial charge on any atom is -0.439 e. The quantitative estimate of drug-likeness (QED) is 0.925. The van der Waals surface area contributed by atoms with Crippen LogP contribution in [0.15, 0.2) is 22.6 Å². The number of nitrogens with two attached hydrogens (primary N) is 1. The first-order valence-electron chi connectivity index (χ1n) is 8.17. The number of rotatable bonds is 2. The van der Waals surface area contributed by atoms with Crippen molar-refractivity contribution in [2.24, 2.45) is 5.73 Å². The van der Waals surface area contributed by atoms with Crippen LogP contribution in [0.3, 0.4) is 0 Å². The van der Waals surface area contributed by atoms with Gasteiger partial charge < -0.3 is 10.2 Å². The molecule has 3 heterocycles. The lowest BCUT2D eigenvalue weighted by molar-refractivity contribution is 0.0805. The molecule has 5 nitrogen and oxygen atoms in total. The molecule has 5 heteroatoms. The smallest absolute Gasteiger partial charge is 0.252 e. The van der Waals surface area contributed by atoms with Gasteiger partial charge in [0.25, 0.3) is 5.91 Å². The van der Waals surface area contributed by atoms with Gasteiger partial charge in [-0.15, -0.1) is 0 Å². The van der Waals surface area contributed by atoms with Crippen LogP contribution in [0.5, 0.6) is 0 Å². The highest BCUT2D eigenvalue weighted by Crippen LogP contribution is 2.38.